The second kappa shape index (κ2) is 5.63. The second-order valence-electron chi connectivity index (χ2n) is 9.48. The highest BCUT2D eigenvalue weighted by Crippen LogP contribution is 2.55. The molecule has 2 atom stereocenters. The molecule has 4 nitrogen and oxygen atoms in total. The Hall–Kier alpha value is -1.23. The van der Waals surface area contributed by atoms with Gasteiger partial charge >= 0.3 is 0 Å². The summed E-state index contributed by atoms with van der Waals surface area (Å²) < 4.78 is 0. The molecule has 4 bridgehead atoms. The zero-order chi connectivity index (χ0) is 18.0. The van der Waals surface area contributed by atoms with Crippen LogP contribution in [-0.2, 0) is 11.3 Å². The van der Waals surface area contributed by atoms with Crippen molar-refractivity contribution in [3.8, 4) is 0 Å². The average molecular weight is 354 g/mol. The molecule has 0 saturated carbocycles. The maximum absolute atomic E-state index is 13.1. The molecule has 6 rings (SSSR count). The van der Waals surface area contributed by atoms with Gasteiger partial charge in [-0.1, -0.05) is 44.2 Å². The molecule has 5 aliphatic rings. The first-order valence-corrected chi connectivity index (χ1v) is 10.3. The minimum Gasteiger partial charge on any atom is -0.299 e. The fourth-order valence-electron chi connectivity index (χ4n) is 6.43. The molecule has 0 aliphatic carbocycles. The van der Waals surface area contributed by atoms with Crippen LogP contribution in [0.3, 0.4) is 0 Å². The Balaban J connectivity index is 1.34. The molecule has 2 unspecified atom stereocenters. The summed E-state index contributed by atoms with van der Waals surface area (Å²) in [6.07, 6.45) is 3.42. The lowest BCUT2D eigenvalue weighted by atomic mass is 9.58. The van der Waals surface area contributed by atoms with E-state index in [1.54, 1.807) is 0 Å². The monoisotopic (exact) mass is 353 g/mol. The summed E-state index contributed by atoms with van der Waals surface area (Å²) >= 11 is 0. The Morgan fingerprint density at radius 2 is 1.58 bits per heavy atom. The Labute approximate surface area is 157 Å². The van der Waals surface area contributed by atoms with Crippen LogP contribution in [0.15, 0.2) is 30.3 Å². The van der Waals surface area contributed by atoms with Crippen molar-refractivity contribution in [2.24, 2.45) is 10.8 Å². The van der Waals surface area contributed by atoms with E-state index in [2.05, 4.69) is 58.9 Å². The van der Waals surface area contributed by atoms with Crippen molar-refractivity contribution in [3.05, 3.63) is 35.9 Å². The van der Waals surface area contributed by atoms with E-state index < -0.39 is 0 Å². The topological polar surface area (TPSA) is 26.8 Å². The van der Waals surface area contributed by atoms with Crippen LogP contribution in [0.25, 0.3) is 0 Å². The molecule has 1 aromatic rings. The third-order valence-corrected chi connectivity index (χ3v) is 7.86. The molecule has 5 aliphatic heterocycles. The van der Waals surface area contributed by atoms with Crippen LogP contribution >= 0.6 is 0 Å². The molecule has 0 aromatic heterocycles. The van der Waals surface area contributed by atoms with Crippen molar-refractivity contribution in [1.82, 2.24) is 14.7 Å². The summed E-state index contributed by atoms with van der Waals surface area (Å²) in [5.41, 5.74) is 1.39. The van der Waals surface area contributed by atoms with Crippen molar-refractivity contribution in [2.75, 3.05) is 39.3 Å². The molecule has 26 heavy (non-hydrogen) atoms. The first kappa shape index (κ1) is 16.9. The maximum atomic E-state index is 13.1. The van der Waals surface area contributed by atoms with Gasteiger partial charge in [-0.3, -0.25) is 19.5 Å². The highest BCUT2D eigenvalue weighted by molar-refractivity contribution is 5.93. The number of benzene rings is 1. The second-order valence-corrected chi connectivity index (χ2v) is 9.48. The third kappa shape index (κ3) is 2.22. The summed E-state index contributed by atoms with van der Waals surface area (Å²) in [6, 6.07) is 10.8. The number of carbonyl (C=O) groups is 1. The molecule has 1 spiro atoms. The average Bonchev–Trinajstić information content (AvgIpc) is 2.64. The number of likely N-dealkylation sites (tertiary alicyclic amines) is 1. The fraction of sp³-hybridized carbons (Fsp3) is 0.682. The number of rotatable bonds is 3. The van der Waals surface area contributed by atoms with Gasteiger partial charge in [0.15, 0.2) is 0 Å². The van der Waals surface area contributed by atoms with Crippen LogP contribution < -0.4 is 0 Å². The van der Waals surface area contributed by atoms with Gasteiger partial charge in [0.25, 0.3) is 0 Å². The normalized spacial score (nSPS) is 41.1. The van der Waals surface area contributed by atoms with Gasteiger partial charge in [0.05, 0.1) is 16.5 Å². The number of hydrogen-bond donors (Lipinski definition) is 0. The van der Waals surface area contributed by atoms with Crippen LogP contribution in [0.1, 0.15) is 38.7 Å². The van der Waals surface area contributed by atoms with Crippen molar-refractivity contribution < 1.29 is 4.79 Å². The molecular formula is C22H31N3O. The maximum Gasteiger partial charge on any atom is 0.150 e. The molecule has 0 radical (unpaired) electrons. The van der Waals surface area contributed by atoms with Crippen molar-refractivity contribution in [3.63, 3.8) is 0 Å². The minimum absolute atomic E-state index is 0.0995. The number of ketones is 1. The van der Waals surface area contributed by atoms with Crippen LogP contribution in [0.5, 0.6) is 0 Å². The molecule has 0 N–H and O–H groups in total. The minimum atomic E-state index is -0.140. The smallest absolute Gasteiger partial charge is 0.150 e. The van der Waals surface area contributed by atoms with E-state index >= 15 is 0 Å². The Morgan fingerprint density at radius 1 is 0.962 bits per heavy atom. The van der Waals surface area contributed by atoms with E-state index in [0.717, 1.165) is 52.2 Å². The largest absolute Gasteiger partial charge is 0.299 e. The van der Waals surface area contributed by atoms with E-state index in [-0.39, 0.29) is 16.5 Å². The van der Waals surface area contributed by atoms with Crippen molar-refractivity contribution in [2.45, 2.75) is 45.3 Å². The highest BCUT2D eigenvalue weighted by Gasteiger charge is 2.67. The van der Waals surface area contributed by atoms with Crippen LogP contribution in [0.2, 0.25) is 0 Å². The van der Waals surface area contributed by atoms with Crippen molar-refractivity contribution in [1.29, 1.82) is 0 Å². The first-order valence-electron chi connectivity index (χ1n) is 10.3. The number of hydrogen-bond acceptors (Lipinski definition) is 4. The summed E-state index contributed by atoms with van der Waals surface area (Å²) in [5, 5.41) is 0. The predicted molar refractivity (Wildman–Crippen MR) is 103 cm³/mol. The molecule has 5 heterocycles. The summed E-state index contributed by atoms with van der Waals surface area (Å²) in [6.45, 7) is 11.7. The van der Waals surface area contributed by atoms with Gasteiger partial charge in [-0.25, -0.2) is 0 Å². The molecule has 5 saturated heterocycles. The predicted octanol–water partition coefficient (Wildman–Crippen LogP) is 2.60. The molecule has 5 fully saturated rings. The van der Waals surface area contributed by atoms with Crippen LogP contribution in [0, 0.1) is 10.8 Å². The summed E-state index contributed by atoms with van der Waals surface area (Å²) in [4.78, 5) is 21.1. The Kier molecular flexibility index (Phi) is 3.66. The van der Waals surface area contributed by atoms with E-state index in [0.29, 0.717) is 5.78 Å². The Bertz CT molecular complexity index is 689. The highest BCUT2D eigenvalue weighted by atomic mass is 16.1. The van der Waals surface area contributed by atoms with Crippen molar-refractivity contribution >= 4 is 5.78 Å². The SMILES string of the molecule is CCC12CN3CC(C)(CN(C1)C31CCN(Cc3ccccc3)CC1)C2=O. The number of Topliss-reactive ketones (excluding diaryl/α,β-unsaturated/α-hetero) is 1. The zero-order valence-corrected chi connectivity index (χ0v) is 16.2. The van der Waals surface area contributed by atoms with Gasteiger partial charge < -0.3 is 0 Å². The molecule has 140 valence electrons. The lowest BCUT2D eigenvalue weighted by molar-refractivity contribution is -0.243. The first-order chi connectivity index (χ1) is 12.5. The van der Waals surface area contributed by atoms with Gasteiger partial charge in [-0.05, 0) is 24.8 Å². The van der Waals surface area contributed by atoms with Crippen LogP contribution in [0.4, 0.5) is 0 Å². The third-order valence-electron chi connectivity index (χ3n) is 7.86. The molecule has 4 heteroatoms. The van der Waals surface area contributed by atoms with Gasteiger partial charge in [-0.2, -0.15) is 0 Å². The molecular weight excluding hydrogens is 322 g/mol. The fourth-order valence-corrected chi connectivity index (χ4v) is 6.43. The zero-order valence-electron chi connectivity index (χ0n) is 16.2. The van der Waals surface area contributed by atoms with E-state index in [4.69, 9.17) is 0 Å². The Morgan fingerprint density at radius 3 is 2.15 bits per heavy atom. The van der Waals surface area contributed by atoms with Gasteiger partial charge in [0.2, 0.25) is 0 Å². The number of piperidine rings is 3. The van der Waals surface area contributed by atoms with Gasteiger partial charge in [0, 0.05) is 45.8 Å². The van der Waals surface area contributed by atoms with E-state index in [9.17, 15) is 4.79 Å². The van der Waals surface area contributed by atoms with E-state index in [1.807, 2.05) is 0 Å². The van der Waals surface area contributed by atoms with Gasteiger partial charge in [0.1, 0.15) is 5.78 Å². The lowest BCUT2D eigenvalue weighted by Crippen LogP contribution is -2.84. The number of carbonyl (C=O) groups excluding carboxylic acids is 1. The van der Waals surface area contributed by atoms with Crippen LogP contribution in [-0.4, -0.2) is 65.4 Å². The lowest BCUT2D eigenvalue weighted by Gasteiger charge is -2.71. The number of nitrogens with zero attached hydrogens (tertiary/aromatic N) is 3. The molecule has 0 amide bonds. The van der Waals surface area contributed by atoms with Gasteiger partial charge in [-0.15, -0.1) is 0 Å². The summed E-state index contributed by atoms with van der Waals surface area (Å²) in [5.74, 6) is 0.552. The molecule has 1 aromatic carbocycles. The summed E-state index contributed by atoms with van der Waals surface area (Å²) in [7, 11) is 0. The quantitative estimate of drug-likeness (QED) is 0.835. The van der Waals surface area contributed by atoms with E-state index in [1.165, 1.54) is 18.4 Å². The standard InChI is InChI=1S/C22H31N3O/c1-3-21-16-24-14-20(2,19(21)26)15-25(17-21)22(24)9-11-23(12-10-22)13-18-7-5-4-6-8-18/h4-8H,3,9-17H2,1-2H3.